The molecule has 0 saturated carbocycles. The predicted molar refractivity (Wildman–Crippen MR) is 684 cm³/mol. The van der Waals surface area contributed by atoms with E-state index in [-0.39, 0.29) is 0 Å². The molecular formula is C147H298N+. The van der Waals surface area contributed by atoms with Gasteiger partial charge in [-0.25, -0.2) is 0 Å². The molecule has 0 fully saturated rings. The van der Waals surface area contributed by atoms with Crippen molar-refractivity contribution in [1.82, 2.24) is 0 Å². The summed E-state index contributed by atoms with van der Waals surface area (Å²) in [5.41, 5.74) is 0.696. The van der Waals surface area contributed by atoms with Gasteiger partial charge in [-0.3, -0.25) is 0 Å². The second-order valence-corrected chi connectivity index (χ2v) is 52.1. The molecule has 890 valence electrons. The molecule has 0 rings (SSSR count). The van der Waals surface area contributed by atoms with Gasteiger partial charge < -0.3 is 4.48 Å². The minimum Gasteiger partial charge on any atom is -0.312 e. The molecule has 0 aromatic carbocycles. The van der Waals surface area contributed by atoms with Gasteiger partial charge in [-0.05, 0) is 77.0 Å². The first-order valence-corrected chi connectivity index (χ1v) is 73.3. The van der Waals surface area contributed by atoms with Gasteiger partial charge >= 0.3 is 0 Å². The average Bonchev–Trinajstić information content (AvgIpc) is 0.705. The van der Waals surface area contributed by atoms with E-state index in [0.717, 1.165) is 6.04 Å². The molecule has 148 heavy (non-hydrogen) atoms. The molecule has 1 heteroatoms. The Morgan fingerprint density at radius 3 is 0.277 bits per heavy atom. The lowest BCUT2D eigenvalue weighted by atomic mass is 9.66. The highest BCUT2D eigenvalue weighted by Gasteiger charge is 2.63. The highest BCUT2D eigenvalue weighted by atomic mass is 15.5. The van der Waals surface area contributed by atoms with E-state index >= 15 is 0 Å². The molecule has 0 bridgehead atoms. The van der Waals surface area contributed by atoms with Crippen LogP contribution in [-0.4, -0.2) is 28.1 Å². The van der Waals surface area contributed by atoms with Crippen molar-refractivity contribution in [1.29, 1.82) is 0 Å². The lowest BCUT2D eigenvalue weighted by Crippen LogP contribution is -2.78. The molecule has 0 heterocycles. The highest BCUT2D eigenvalue weighted by Crippen LogP contribution is 2.56. The van der Waals surface area contributed by atoms with Gasteiger partial charge in [0.25, 0.3) is 0 Å². The smallest absolute Gasteiger partial charge is 0.0998 e. The number of rotatable bonds is 138. The third kappa shape index (κ3) is 100. The van der Waals surface area contributed by atoms with Crippen LogP contribution >= 0.6 is 0 Å². The summed E-state index contributed by atoms with van der Waals surface area (Å²) in [4.78, 5) is 0. The zero-order chi connectivity index (χ0) is 107. The van der Waals surface area contributed by atoms with Crippen LogP contribution in [0.25, 0.3) is 0 Å². The Morgan fingerprint density at radius 1 is 0.0946 bits per heavy atom. The minimum atomic E-state index is 0.348. The Bertz CT molecular complexity index is 1980. The maximum absolute atomic E-state index is 2.40. The zero-order valence-corrected chi connectivity index (χ0v) is 106. The van der Waals surface area contributed by atoms with Crippen LogP contribution in [0.3, 0.4) is 0 Å². The predicted octanol–water partition coefficient (Wildman–Crippen LogP) is 56.1. The second kappa shape index (κ2) is 129. The van der Waals surface area contributed by atoms with Gasteiger partial charge in [0.1, 0.15) is 0 Å². The summed E-state index contributed by atoms with van der Waals surface area (Å²) in [6.07, 6.45) is 200. The van der Waals surface area contributed by atoms with Crippen molar-refractivity contribution in [3.63, 3.8) is 0 Å². The molecule has 1 nitrogen and oxygen atoms in total. The zero-order valence-electron chi connectivity index (χ0n) is 106. The first-order valence-electron chi connectivity index (χ1n) is 73.3. The topological polar surface area (TPSA) is 0 Å². The lowest BCUT2D eigenvalue weighted by molar-refractivity contribution is -1.04. The first-order chi connectivity index (χ1) is 73.4. The van der Waals surface area contributed by atoms with Gasteiger partial charge in [0.05, 0.1) is 23.7 Å². The number of quaternary nitrogens is 1. The van der Waals surface area contributed by atoms with Crippen LogP contribution in [-0.2, 0) is 0 Å². The summed E-state index contributed by atoms with van der Waals surface area (Å²) < 4.78 is 1.65. The Balaban J connectivity index is 9.71. The SMILES string of the molecule is CCCCCCCCCCCCCCCCC(CCCCCCCCCCCCCCCC)[N+](CCCCCCCCCCCCCCCC)(C(CCCCCCCCCCCCCCCC)(CCCCCCCCCCCCCCCC)CCCCCCCCCCCCCCCC)C(CCCCCCCCCCCCCCCC)(CCCCCCCCCCCCCCCC)CCCCCCCCCCCCCCCC. The van der Waals surface area contributed by atoms with Crippen LogP contribution in [0.15, 0.2) is 0 Å². The first kappa shape index (κ1) is 148. The monoisotopic (exact) mass is 2080 g/mol. The van der Waals surface area contributed by atoms with Gasteiger partial charge in [0.15, 0.2) is 0 Å². The molecule has 0 spiro atoms. The standard InChI is InChI=1S/C147H298N/c1-10-19-28-37-46-55-64-73-82-91-100-109-118-127-136-145(137-128-119-110-101-92-83-74-65-56-47-38-29-20-11-2)148(144-135-126-117-108-99-90-81-72-63-54-45-36-27-18-9,146(138-129-120-111-102-93-84-75-66-57-48-39-30-21-12-3,139-130-121-112-103-94-85-76-67-58-49-40-31-22-13-4)140-131-122-113-104-95-86-77-68-59-50-41-32-23-14-5)147(141-132-123-114-105-96-87-78-69-60-51-42-33-24-15-6,142-133-124-115-106-97-88-79-70-61-52-43-34-25-16-7)143-134-125-116-107-98-89-80-71-62-53-44-35-26-17-8/h145H,10-144H2,1-9H3/q+1. The Morgan fingerprint density at radius 2 is 0.176 bits per heavy atom. The quantitative estimate of drug-likeness (QED) is 0.0421. The van der Waals surface area contributed by atoms with E-state index in [1.54, 1.807) is 62.4 Å². The number of unbranched alkanes of at least 4 members (excludes halogenated alkanes) is 117. The molecular weight excluding hydrogens is 1780 g/mol. The number of hydrogen-bond donors (Lipinski definition) is 0. The summed E-state index contributed by atoms with van der Waals surface area (Å²) in [6.45, 7) is 23.1. The van der Waals surface area contributed by atoms with Crippen molar-refractivity contribution in [2.24, 2.45) is 0 Å². The molecule has 0 unspecified atom stereocenters. The largest absolute Gasteiger partial charge is 0.312 e. The van der Waals surface area contributed by atoms with E-state index in [1.165, 1.54) is 809 Å². The summed E-state index contributed by atoms with van der Waals surface area (Å²) >= 11 is 0. The van der Waals surface area contributed by atoms with Crippen molar-refractivity contribution in [3.05, 3.63) is 0 Å². The minimum absolute atomic E-state index is 0.348. The molecule has 0 aromatic rings. The molecule has 0 amide bonds. The van der Waals surface area contributed by atoms with Crippen molar-refractivity contribution in [2.75, 3.05) is 6.54 Å². The van der Waals surface area contributed by atoms with Gasteiger partial charge in [0, 0.05) is 38.5 Å². The Kier molecular flexibility index (Phi) is 129. The average molecular weight is 2080 g/mol. The summed E-state index contributed by atoms with van der Waals surface area (Å²) in [5.74, 6) is 0. The number of nitrogens with zero attached hydrogens (tertiary/aromatic N) is 1. The van der Waals surface area contributed by atoms with E-state index in [9.17, 15) is 0 Å². The maximum Gasteiger partial charge on any atom is 0.0998 e. The van der Waals surface area contributed by atoms with E-state index in [1.807, 2.05) is 0 Å². The molecule has 0 aromatic heterocycles. The Hall–Kier alpha value is -0.0400. The van der Waals surface area contributed by atoms with Gasteiger partial charge in [-0.1, -0.05) is 807 Å². The fraction of sp³-hybridized carbons (Fsp3) is 1.00. The maximum atomic E-state index is 2.40. The third-order valence-electron chi connectivity index (χ3n) is 37.9. The molecule has 0 aliphatic heterocycles. The van der Waals surface area contributed by atoms with Crippen molar-refractivity contribution in [2.45, 2.75) is 940 Å². The fourth-order valence-corrected chi connectivity index (χ4v) is 28.1. The van der Waals surface area contributed by atoms with Gasteiger partial charge in [-0.2, -0.15) is 0 Å². The van der Waals surface area contributed by atoms with E-state index in [2.05, 4.69) is 62.3 Å². The Labute approximate surface area is 944 Å². The van der Waals surface area contributed by atoms with Crippen molar-refractivity contribution in [3.8, 4) is 0 Å². The summed E-state index contributed by atoms with van der Waals surface area (Å²) in [6, 6.07) is 0.812. The van der Waals surface area contributed by atoms with Crippen LogP contribution in [0.5, 0.6) is 0 Å². The molecule has 0 aliphatic carbocycles. The van der Waals surface area contributed by atoms with Crippen molar-refractivity contribution >= 4 is 0 Å². The fourth-order valence-electron chi connectivity index (χ4n) is 28.1. The van der Waals surface area contributed by atoms with Crippen LogP contribution in [0.1, 0.15) is 923 Å². The molecule has 0 saturated heterocycles. The van der Waals surface area contributed by atoms with Crippen LogP contribution in [0.4, 0.5) is 0 Å². The second-order valence-electron chi connectivity index (χ2n) is 52.1. The molecule has 0 atom stereocenters. The summed E-state index contributed by atoms with van der Waals surface area (Å²) in [7, 11) is 0. The molecule has 0 aliphatic rings. The van der Waals surface area contributed by atoms with Gasteiger partial charge in [0.2, 0.25) is 0 Å². The summed E-state index contributed by atoms with van der Waals surface area (Å²) in [5, 5.41) is 0. The lowest BCUT2D eigenvalue weighted by Gasteiger charge is -2.68. The van der Waals surface area contributed by atoms with E-state index in [0.29, 0.717) is 11.1 Å². The van der Waals surface area contributed by atoms with Crippen LogP contribution < -0.4 is 0 Å². The number of hydrogen-bond acceptors (Lipinski definition) is 0. The molecule has 0 radical (unpaired) electrons. The van der Waals surface area contributed by atoms with Crippen molar-refractivity contribution < 1.29 is 4.48 Å². The van der Waals surface area contributed by atoms with E-state index in [4.69, 9.17) is 0 Å². The normalized spacial score (nSPS) is 12.3. The van der Waals surface area contributed by atoms with Gasteiger partial charge in [-0.15, -0.1) is 0 Å². The third-order valence-corrected chi connectivity index (χ3v) is 37.9. The van der Waals surface area contributed by atoms with Crippen LogP contribution in [0.2, 0.25) is 0 Å². The van der Waals surface area contributed by atoms with Crippen LogP contribution in [0, 0.1) is 0 Å². The highest BCUT2D eigenvalue weighted by molar-refractivity contribution is 4.96. The molecule has 0 N–H and O–H groups in total. The van der Waals surface area contributed by atoms with E-state index < -0.39 is 0 Å².